The quantitative estimate of drug-likeness (QED) is 0.342. The summed E-state index contributed by atoms with van der Waals surface area (Å²) >= 11 is 0. The zero-order valence-electron chi connectivity index (χ0n) is 17.5. The summed E-state index contributed by atoms with van der Waals surface area (Å²) in [6.45, 7) is 12.3. The Morgan fingerprint density at radius 1 is 0.815 bits per heavy atom. The Hall–Kier alpha value is -1.67. The van der Waals surface area contributed by atoms with Crippen LogP contribution < -0.4 is 0 Å². The second-order valence-corrected chi connectivity index (χ2v) is 6.16. The van der Waals surface area contributed by atoms with E-state index in [9.17, 15) is 14.4 Å². The molecule has 27 heavy (non-hydrogen) atoms. The molecule has 0 aromatic carbocycles. The molecule has 1 aliphatic heterocycles. The van der Waals surface area contributed by atoms with Crippen molar-refractivity contribution in [3.8, 4) is 0 Å². The largest absolute Gasteiger partial charge is 0.438 e. The second kappa shape index (κ2) is 15.4. The molecule has 0 N–H and O–H groups in total. The van der Waals surface area contributed by atoms with Gasteiger partial charge in [0, 0.05) is 39.0 Å². The van der Waals surface area contributed by atoms with Crippen LogP contribution in [0.2, 0.25) is 0 Å². The molecular weight excluding hydrogens is 352 g/mol. The van der Waals surface area contributed by atoms with Gasteiger partial charge in [0.1, 0.15) is 0 Å². The summed E-state index contributed by atoms with van der Waals surface area (Å²) in [6, 6.07) is 0. The summed E-state index contributed by atoms with van der Waals surface area (Å²) in [5, 5.41) is 0. The van der Waals surface area contributed by atoms with Crippen molar-refractivity contribution in [1.82, 2.24) is 9.80 Å². The number of nitrogens with zero attached hydrogens (tertiary/aromatic N) is 2. The molecule has 0 aliphatic carbocycles. The van der Waals surface area contributed by atoms with Crippen LogP contribution in [0.15, 0.2) is 0 Å². The van der Waals surface area contributed by atoms with Gasteiger partial charge in [-0.3, -0.25) is 14.4 Å². The topological polar surface area (TPSA) is 85.4 Å². The number of amides is 2. The Labute approximate surface area is 163 Å². The monoisotopic (exact) mass is 388 g/mol. The van der Waals surface area contributed by atoms with E-state index in [0.29, 0.717) is 38.5 Å². The molecule has 0 unspecified atom stereocenters. The molecule has 0 saturated carbocycles. The molecule has 1 saturated heterocycles. The van der Waals surface area contributed by atoms with E-state index >= 15 is 0 Å². The van der Waals surface area contributed by atoms with Gasteiger partial charge in [0.2, 0.25) is 11.8 Å². The number of ether oxygens (including phenoxy) is 3. The van der Waals surface area contributed by atoms with Crippen molar-refractivity contribution >= 4 is 17.8 Å². The van der Waals surface area contributed by atoms with Gasteiger partial charge in [-0.2, -0.15) is 0 Å². The first-order valence-electron chi connectivity index (χ1n) is 9.79. The number of carbonyl (C=O) groups is 3. The Balaban J connectivity index is 0.000000541. The first-order chi connectivity index (χ1) is 12.9. The smallest absolute Gasteiger partial charge is 0.307 e. The van der Waals surface area contributed by atoms with Crippen LogP contribution in [0.4, 0.5) is 0 Å². The molecular formula is C19H36N2O6. The highest BCUT2D eigenvalue weighted by molar-refractivity contribution is 5.79. The molecule has 0 aromatic rings. The molecule has 158 valence electrons. The van der Waals surface area contributed by atoms with E-state index in [1.807, 2.05) is 30.6 Å². The zero-order chi connectivity index (χ0) is 20.7. The van der Waals surface area contributed by atoms with E-state index < -0.39 is 0 Å². The highest BCUT2D eigenvalue weighted by atomic mass is 16.7. The Kier molecular flexibility index (Phi) is 14.4. The third-order valence-corrected chi connectivity index (χ3v) is 4.15. The van der Waals surface area contributed by atoms with Crippen molar-refractivity contribution in [1.29, 1.82) is 0 Å². The third kappa shape index (κ3) is 10.9. The van der Waals surface area contributed by atoms with Crippen LogP contribution in [-0.4, -0.2) is 67.5 Å². The minimum absolute atomic E-state index is 0.0212. The molecule has 0 aromatic heterocycles. The van der Waals surface area contributed by atoms with Crippen LogP contribution >= 0.6 is 0 Å². The Bertz CT molecular complexity index is 420. The molecule has 1 fully saturated rings. The van der Waals surface area contributed by atoms with Crippen molar-refractivity contribution in [3.05, 3.63) is 0 Å². The SMILES string of the molecule is CCC(=O)N1CC(CC)CN(C(=O)CC)C1.CCOCOCOC(=O)CC. The van der Waals surface area contributed by atoms with Crippen molar-refractivity contribution < 1.29 is 28.6 Å². The van der Waals surface area contributed by atoms with E-state index in [1.165, 1.54) is 0 Å². The van der Waals surface area contributed by atoms with Gasteiger partial charge in [-0.1, -0.05) is 27.7 Å². The fraction of sp³-hybridized carbons (Fsp3) is 0.842. The van der Waals surface area contributed by atoms with Crippen LogP contribution in [-0.2, 0) is 28.6 Å². The maximum absolute atomic E-state index is 11.7. The van der Waals surface area contributed by atoms with Crippen molar-refractivity contribution in [2.75, 3.05) is 40.0 Å². The second-order valence-electron chi connectivity index (χ2n) is 6.16. The summed E-state index contributed by atoms with van der Waals surface area (Å²) in [4.78, 5) is 37.5. The lowest BCUT2D eigenvalue weighted by Gasteiger charge is -2.40. The van der Waals surface area contributed by atoms with Crippen molar-refractivity contribution in [2.45, 2.75) is 60.3 Å². The fourth-order valence-corrected chi connectivity index (χ4v) is 2.46. The van der Waals surface area contributed by atoms with Gasteiger partial charge >= 0.3 is 5.97 Å². The number of hydrogen-bond donors (Lipinski definition) is 0. The average Bonchev–Trinajstić information content (AvgIpc) is 2.72. The minimum atomic E-state index is -0.263. The van der Waals surface area contributed by atoms with Gasteiger partial charge in [-0.15, -0.1) is 0 Å². The summed E-state index contributed by atoms with van der Waals surface area (Å²) in [7, 11) is 0. The first-order valence-corrected chi connectivity index (χ1v) is 9.79. The predicted molar refractivity (Wildman–Crippen MR) is 101 cm³/mol. The molecule has 1 rings (SSSR count). The van der Waals surface area contributed by atoms with Gasteiger partial charge in [0.05, 0.1) is 6.67 Å². The van der Waals surface area contributed by atoms with Crippen LogP contribution in [0.3, 0.4) is 0 Å². The van der Waals surface area contributed by atoms with Gasteiger partial charge in [0.25, 0.3) is 0 Å². The predicted octanol–water partition coefficient (Wildman–Crippen LogP) is 2.37. The highest BCUT2D eigenvalue weighted by Crippen LogP contribution is 2.16. The molecule has 0 spiro atoms. The molecule has 2 amide bonds. The first kappa shape index (κ1) is 25.3. The van der Waals surface area contributed by atoms with E-state index in [-0.39, 0.29) is 31.4 Å². The van der Waals surface area contributed by atoms with Gasteiger partial charge in [-0.05, 0) is 19.3 Å². The van der Waals surface area contributed by atoms with Crippen LogP contribution in [0.5, 0.6) is 0 Å². The molecule has 8 nitrogen and oxygen atoms in total. The van der Waals surface area contributed by atoms with Crippen LogP contribution in [0.25, 0.3) is 0 Å². The molecule has 8 heteroatoms. The van der Waals surface area contributed by atoms with Crippen LogP contribution in [0.1, 0.15) is 60.3 Å². The fourth-order valence-electron chi connectivity index (χ4n) is 2.46. The van der Waals surface area contributed by atoms with E-state index in [0.717, 1.165) is 19.5 Å². The van der Waals surface area contributed by atoms with E-state index in [2.05, 4.69) is 11.7 Å². The maximum Gasteiger partial charge on any atom is 0.307 e. The number of rotatable bonds is 9. The molecule has 1 heterocycles. The molecule has 1 aliphatic rings. The van der Waals surface area contributed by atoms with E-state index in [4.69, 9.17) is 9.47 Å². The summed E-state index contributed by atoms with van der Waals surface area (Å²) in [6.07, 6.45) is 2.42. The van der Waals surface area contributed by atoms with Crippen molar-refractivity contribution in [3.63, 3.8) is 0 Å². The number of esters is 1. The minimum Gasteiger partial charge on any atom is -0.438 e. The Morgan fingerprint density at radius 2 is 1.37 bits per heavy atom. The normalized spacial score (nSPS) is 14.4. The van der Waals surface area contributed by atoms with E-state index in [1.54, 1.807) is 6.92 Å². The summed E-state index contributed by atoms with van der Waals surface area (Å²) in [5.74, 6) is 0.459. The average molecular weight is 389 g/mol. The lowest BCUT2D eigenvalue weighted by atomic mass is 10.0. The standard InChI is InChI=1S/C12H22N2O2.C7H14O4/c1-4-10-7-13(11(15)5-2)9-14(8-10)12(16)6-3;1-3-7(8)11-6-10-5-9-4-2/h10H,4-9H2,1-3H3;3-6H2,1-2H3. The Morgan fingerprint density at radius 3 is 1.78 bits per heavy atom. The third-order valence-electron chi connectivity index (χ3n) is 4.15. The summed E-state index contributed by atoms with van der Waals surface area (Å²) < 4.78 is 14.2. The van der Waals surface area contributed by atoms with Crippen LogP contribution in [0, 0.1) is 5.92 Å². The summed E-state index contributed by atoms with van der Waals surface area (Å²) in [5.41, 5.74) is 0. The number of carbonyl (C=O) groups excluding carboxylic acids is 3. The zero-order valence-corrected chi connectivity index (χ0v) is 17.5. The highest BCUT2D eigenvalue weighted by Gasteiger charge is 2.28. The lowest BCUT2D eigenvalue weighted by molar-refractivity contribution is -0.167. The van der Waals surface area contributed by atoms with Gasteiger partial charge < -0.3 is 24.0 Å². The van der Waals surface area contributed by atoms with Gasteiger partial charge in [-0.25, -0.2) is 0 Å². The molecule has 0 bridgehead atoms. The molecule has 0 radical (unpaired) electrons. The lowest BCUT2D eigenvalue weighted by Crippen LogP contribution is -2.53. The number of hydrogen-bond acceptors (Lipinski definition) is 6. The van der Waals surface area contributed by atoms with Crippen molar-refractivity contribution in [2.24, 2.45) is 5.92 Å². The van der Waals surface area contributed by atoms with Gasteiger partial charge in [0.15, 0.2) is 13.6 Å². The maximum atomic E-state index is 11.7. The molecule has 0 atom stereocenters.